The molecule has 0 spiro atoms. The van der Waals surface area contributed by atoms with Crippen LogP contribution in [0.3, 0.4) is 0 Å². The second kappa shape index (κ2) is 6.50. The van der Waals surface area contributed by atoms with E-state index in [0.29, 0.717) is 5.02 Å². The summed E-state index contributed by atoms with van der Waals surface area (Å²) in [6.45, 7) is 2.83. The average Bonchev–Trinajstić information content (AvgIpc) is 2.46. The largest absolute Gasteiger partial charge is 0.495 e. The minimum atomic E-state index is -0.114. The van der Waals surface area contributed by atoms with E-state index in [1.165, 1.54) is 0 Å². The van der Waals surface area contributed by atoms with Crippen LogP contribution in [-0.2, 0) is 0 Å². The van der Waals surface area contributed by atoms with Gasteiger partial charge in [-0.25, -0.2) is 0 Å². The van der Waals surface area contributed by atoms with E-state index in [4.69, 9.17) is 16.3 Å². The van der Waals surface area contributed by atoms with Gasteiger partial charge in [-0.1, -0.05) is 18.5 Å². The topological polar surface area (TPSA) is 47.0 Å². The summed E-state index contributed by atoms with van der Waals surface area (Å²) in [5.41, 5.74) is 1.76. The Bertz CT molecular complexity index is 548. The number of aromatic nitrogens is 2. The highest BCUT2D eigenvalue weighted by molar-refractivity contribution is 6.31. The molecule has 1 N–H and O–H groups in total. The van der Waals surface area contributed by atoms with Gasteiger partial charge in [0, 0.05) is 18.6 Å². The van der Waals surface area contributed by atoms with Gasteiger partial charge >= 0.3 is 0 Å². The summed E-state index contributed by atoms with van der Waals surface area (Å²) in [7, 11) is 1.64. The lowest BCUT2D eigenvalue weighted by atomic mass is 10.0. The number of methoxy groups -OCH3 is 1. The van der Waals surface area contributed by atoms with Gasteiger partial charge in [0.1, 0.15) is 11.4 Å². The van der Waals surface area contributed by atoms with Gasteiger partial charge in [-0.2, -0.15) is 0 Å². The maximum Gasteiger partial charge on any atom is 0.142 e. The second-order valence-electron chi connectivity index (χ2n) is 3.98. The van der Waals surface area contributed by atoms with Crippen LogP contribution >= 0.6 is 11.6 Å². The molecule has 4 nitrogen and oxygen atoms in total. The summed E-state index contributed by atoms with van der Waals surface area (Å²) >= 11 is 6.23. The third-order valence-electron chi connectivity index (χ3n) is 2.82. The Hall–Kier alpha value is -1.65. The lowest BCUT2D eigenvalue weighted by molar-refractivity contribution is 0.400. The number of ether oxygens (including phenoxy) is 1. The van der Waals surface area contributed by atoms with E-state index in [1.807, 2.05) is 25.1 Å². The van der Waals surface area contributed by atoms with Gasteiger partial charge < -0.3 is 10.1 Å². The molecular weight excluding hydrogens is 262 g/mol. The summed E-state index contributed by atoms with van der Waals surface area (Å²) in [5.74, 6) is 0.737. The van der Waals surface area contributed by atoms with E-state index in [1.54, 1.807) is 25.7 Å². The zero-order valence-electron chi connectivity index (χ0n) is 10.9. The molecule has 0 fully saturated rings. The maximum absolute atomic E-state index is 6.23. The summed E-state index contributed by atoms with van der Waals surface area (Å²) in [5, 5.41) is 3.99. The molecule has 2 rings (SSSR count). The highest BCUT2D eigenvalue weighted by Crippen LogP contribution is 2.31. The monoisotopic (exact) mass is 277 g/mol. The minimum Gasteiger partial charge on any atom is -0.495 e. The quantitative estimate of drug-likeness (QED) is 0.913. The van der Waals surface area contributed by atoms with Crippen molar-refractivity contribution < 1.29 is 4.74 Å². The smallest absolute Gasteiger partial charge is 0.142 e. The third-order valence-corrected chi connectivity index (χ3v) is 3.13. The first-order valence-corrected chi connectivity index (χ1v) is 6.47. The summed E-state index contributed by atoms with van der Waals surface area (Å²) in [6, 6.07) is 5.52. The van der Waals surface area contributed by atoms with Crippen molar-refractivity contribution >= 4 is 11.6 Å². The van der Waals surface area contributed by atoms with Crippen molar-refractivity contribution in [3.05, 3.63) is 53.1 Å². The molecule has 0 saturated heterocycles. The molecule has 2 aromatic rings. The zero-order valence-corrected chi connectivity index (χ0v) is 11.7. The molecule has 0 saturated carbocycles. The van der Waals surface area contributed by atoms with Crippen LogP contribution in [0.2, 0.25) is 5.02 Å². The number of pyridine rings is 2. The fourth-order valence-electron chi connectivity index (χ4n) is 1.97. The van der Waals surface area contributed by atoms with E-state index in [9.17, 15) is 0 Å². The van der Waals surface area contributed by atoms with Crippen LogP contribution in [0.5, 0.6) is 5.75 Å². The van der Waals surface area contributed by atoms with Gasteiger partial charge in [0.15, 0.2) is 0 Å². The predicted molar refractivity (Wildman–Crippen MR) is 75.6 cm³/mol. The first-order valence-electron chi connectivity index (χ1n) is 6.09. The van der Waals surface area contributed by atoms with Crippen molar-refractivity contribution in [2.75, 3.05) is 13.7 Å². The fraction of sp³-hybridized carbons (Fsp3) is 0.286. The van der Waals surface area contributed by atoms with Crippen LogP contribution in [0, 0.1) is 0 Å². The lowest BCUT2D eigenvalue weighted by Crippen LogP contribution is -2.23. The third kappa shape index (κ3) is 3.03. The Morgan fingerprint density at radius 2 is 2.21 bits per heavy atom. The number of nitrogens with one attached hydrogen (secondary N) is 1. The first-order chi connectivity index (χ1) is 9.27. The summed E-state index contributed by atoms with van der Waals surface area (Å²) in [6.07, 6.45) is 5.11. The van der Waals surface area contributed by atoms with Crippen molar-refractivity contribution in [2.45, 2.75) is 13.0 Å². The Labute approximate surface area is 117 Å². The Morgan fingerprint density at radius 3 is 2.89 bits per heavy atom. The average molecular weight is 278 g/mol. The van der Waals surface area contributed by atoms with Crippen LogP contribution in [0.1, 0.15) is 24.2 Å². The van der Waals surface area contributed by atoms with Gasteiger partial charge in [0.05, 0.1) is 18.2 Å². The van der Waals surface area contributed by atoms with Gasteiger partial charge in [-0.15, -0.1) is 0 Å². The van der Waals surface area contributed by atoms with Crippen LogP contribution < -0.4 is 10.1 Å². The molecular formula is C14H16ClN3O. The highest BCUT2D eigenvalue weighted by Gasteiger charge is 2.20. The molecule has 0 aliphatic heterocycles. The van der Waals surface area contributed by atoms with E-state index in [-0.39, 0.29) is 6.04 Å². The molecule has 19 heavy (non-hydrogen) atoms. The molecule has 0 bridgehead atoms. The highest BCUT2D eigenvalue weighted by atomic mass is 35.5. The van der Waals surface area contributed by atoms with Crippen molar-refractivity contribution in [3.63, 3.8) is 0 Å². The minimum absolute atomic E-state index is 0.114. The van der Waals surface area contributed by atoms with E-state index in [2.05, 4.69) is 15.3 Å². The van der Waals surface area contributed by atoms with Crippen molar-refractivity contribution in [3.8, 4) is 5.75 Å². The SMILES string of the molecule is CCNC(c1ccncc1Cl)c1ncccc1OC. The first kappa shape index (κ1) is 13.8. The molecule has 0 aliphatic rings. The Balaban J connectivity index is 2.49. The van der Waals surface area contributed by atoms with Gasteiger partial charge in [0.2, 0.25) is 0 Å². The van der Waals surface area contributed by atoms with Gasteiger partial charge in [-0.05, 0) is 30.3 Å². The van der Waals surface area contributed by atoms with Crippen molar-refractivity contribution in [1.82, 2.24) is 15.3 Å². The lowest BCUT2D eigenvalue weighted by Gasteiger charge is -2.20. The van der Waals surface area contributed by atoms with E-state index in [0.717, 1.165) is 23.6 Å². The zero-order chi connectivity index (χ0) is 13.7. The number of rotatable bonds is 5. The van der Waals surface area contributed by atoms with Crippen molar-refractivity contribution in [2.24, 2.45) is 0 Å². The number of hydrogen-bond acceptors (Lipinski definition) is 4. The molecule has 5 heteroatoms. The van der Waals surface area contributed by atoms with Crippen LogP contribution in [0.25, 0.3) is 0 Å². The Morgan fingerprint density at radius 1 is 1.37 bits per heavy atom. The second-order valence-corrected chi connectivity index (χ2v) is 4.39. The molecule has 0 aromatic carbocycles. The molecule has 0 amide bonds. The number of hydrogen-bond donors (Lipinski definition) is 1. The standard InChI is InChI=1S/C14H16ClN3O/c1-3-17-13(10-6-8-16-9-11(10)15)14-12(19-2)5-4-7-18-14/h4-9,13,17H,3H2,1-2H3. The molecule has 2 aromatic heterocycles. The molecule has 2 heterocycles. The maximum atomic E-state index is 6.23. The molecule has 1 unspecified atom stereocenters. The van der Waals surface area contributed by atoms with E-state index < -0.39 is 0 Å². The molecule has 0 aliphatic carbocycles. The van der Waals surface area contributed by atoms with Crippen LogP contribution in [0.4, 0.5) is 0 Å². The number of halogens is 1. The van der Waals surface area contributed by atoms with Crippen molar-refractivity contribution in [1.29, 1.82) is 0 Å². The van der Waals surface area contributed by atoms with Crippen LogP contribution in [-0.4, -0.2) is 23.6 Å². The predicted octanol–water partition coefficient (Wildman–Crippen LogP) is 2.84. The molecule has 1 atom stereocenters. The fourth-order valence-corrected chi connectivity index (χ4v) is 2.20. The summed E-state index contributed by atoms with van der Waals surface area (Å²) < 4.78 is 5.37. The molecule has 100 valence electrons. The summed E-state index contributed by atoms with van der Waals surface area (Å²) in [4.78, 5) is 8.43. The van der Waals surface area contributed by atoms with Gasteiger partial charge in [-0.3, -0.25) is 9.97 Å². The molecule has 0 radical (unpaired) electrons. The number of nitrogens with zero attached hydrogens (tertiary/aromatic N) is 2. The van der Waals surface area contributed by atoms with E-state index >= 15 is 0 Å². The van der Waals surface area contributed by atoms with Crippen LogP contribution in [0.15, 0.2) is 36.8 Å². The Kier molecular flexibility index (Phi) is 4.71. The normalized spacial score (nSPS) is 12.2. The van der Waals surface area contributed by atoms with Gasteiger partial charge in [0.25, 0.3) is 0 Å².